The molecule has 2 N–H and O–H groups in total. The number of benzene rings is 2. The van der Waals surface area contributed by atoms with E-state index in [0.717, 1.165) is 18.5 Å². The molecule has 0 saturated carbocycles. The number of hydrogen-bond acceptors (Lipinski definition) is 2. The summed E-state index contributed by atoms with van der Waals surface area (Å²) in [7, 11) is 0. The van der Waals surface area contributed by atoms with Gasteiger partial charge in [0.25, 0.3) is 0 Å². The molecule has 108 valence electrons. The van der Waals surface area contributed by atoms with Crippen molar-refractivity contribution in [3.05, 3.63) is 59.4 Å². The van der Waals surface area contributed by atoms with Crippen LogP contribution in [-0.2, 0) is 17.6 Å². The first-order valence-electron chi connectivity index (χ1n) is 7.12. The minimum Gasteiger partial charge on any atom is -0.376 e. The number of para-hydroxylation sites is 1. The van der Waals surface area contributed by atoms with Gasteiger partial charge in [0.15, 0.2) is 0 Å². The summed E-state index contributed by atoms with van der Waals surface area (Å²) in [5.74, 6) is -0.691. The molecule has 4 heteroatoms. The van der Waals surface area contributed by atoms with Crippen LogP contribution in [-0.4, -0.2) is 12.5 Å². The van der Waals surface area contributed by atoms with Crippen molar-refractivity contribution in [3.63, 3.8) is 0 Å². The summed E-state index contributed by atoms with van der Waals surface area (Å²) in [4.78, 5) is 11.8. The number of nitrogens with one attached hydrogen (secondary N) is 2. The van der Waals surface area contributed by atoms with Gasteiger partial charge in [0.1, 0.15) is 5.82 Å². The van der Waals surface area contributed by atoms with Crippen molar-refractivity contribution in [2.45, 2.75) is 19.3 Å². The normalized spacial score (nSPS) is 12.8. The molecule has 0 bridgehead atoms. The molecular weight excluding hydrogens is 267 g/mol. The Morgan fingerprint density at radius 3 is 2.76 bits per heavy atom. The molecule has 0 aliphatic heterocycles. The maximum atomic E-state index is 13.4. The molecule has 3 rings (SSSR count). The highest BCUT2D eigenvalue weighted by atomic mass is 19.1. The number of carbonyl (C=O) groups excluding carboxylic acids is 1. The maximum absolute atomic E-state index is 13.4. The molecule has 0 aromatic heterocycles. The molecule has 1 amide bonds. The van der Waals surface area contributed by atoms with Crippen LogP contribution in [0.2, 0.25) is 0 Å². The fourth-order valence-corrected chi connectivity index (χ4v) is 2.62. The largest absolute Gasteiger partial charge is 0.376 e. The van der Waals surface area contributed by atoms with Gasteiger partial charge in [-0.15, -0.1) is 0 Å². The lowest BCUT2D eigenvalue weighted by atomic mass is 10.1. The molecule has 2 aromatic rings. The highest BCUT2D eigenvalue weighted by molar-refractivity contribution is 5.93. The van der Waals surface area contributed by atoms with E-state index in [1.54, 1.807) is 18.2 Å². The predicted octanol–water partition coefficient (Wildman–Crippen LogP) is 3.37. The zero-order valence-corrected chi connectivity index (χ0v) is 11.7. The summed E-state index contributed by atoms with van der Waals surface area (Å²) in [6, 6.07) is 12.3. The summed E-state index contributed by atoms with van der Waals surface area (Å²) in [5, 5.41) is 5.64. The van der Waals surface area contributed by atoms with Gasteiger partial charge in [-0.25, -0.2) is 4.39 Å². The molecule has 0 heterocycles. The van der Waals surface area contributed by atoms with Gasteiger partial charge in [-0.3, -0.25) is 4.79 Å². The van der Waals surface area contributed by atoms with Crippen LogP contribution < -0.4 is 10.6 Å². The number of rotatable bonds is 4. The number of hydrogen-bond donors (Lipinski definition) is 2. The monoisotopic (exact) mass is 284 g/mol. The molecule has 21 heavy (non-hydrogen) atoms. The van der Waals surface area contributed by atoms with Gasteiger partial charge < -0.3 is 10.6 Å². The Labute approximate surface area is 123 Å². The molecule has 1 aliphatic carbocycles. The van der Waals surface area contributed by atoms with Crippen LogP contribution >= 0.6 is 0 Å². The summed E-state index contributed by atoms with van der Waals surface area (Å²) >= 11 is 0. The maximum Gasteiger partial charge on any atom is 0.243 e. The van der Waals surface area contributed by atoms with E-state index in [1.807, 2.05) is 6.07 Å². The van der Waals surface area contributed by atoms with Crippen molar-refractivity contribution in [2.24, 2.45) is 0 Å². The first kappa shape index (κ1) is 13.6. The Hall–Kier alpha value is -2.36. The van der Waals surface area contributed by atoms with Crippen molar-refractivity contribution in [2.75, 3.05) is 17.2 Å². The Bertz CT molecular complexity index is 670. The second kappa shape index (κ2) is 5.95. The van der Waals surface area contributed by atoms with Crippen LogP contribution in [0, 0.1) is 5.82 Å². The molecule has 0 fully saturated rings. The lowest BCUT2D eigenvalue weighted by Gasteiger charge is -2.09. The van der Waals surface area contributed by atoms with Gasteiger partial charge >= 0.3 is 0 Å². The van der Waals surface area contributed by atoms with Crippen molar-refractivity contribution in [3.8, 4) is 0 Å². The van der Waals surface area contributed by atoms with E-state index in [0.29, 0.717) is 0 Å². The quantitative estimate of drug-likeness (QED) is 0.904. The van der Waals surface area contributed by atoms with E-state index < -0.39 is 5.82 Å². The van der Waals surface area contributed by atoms with Crippen molar-refractivity contribution < 1.29 is 9.18 Å². The SMILES string of the molecule is O=C(CNc1ccc2c(c1)CCC2)Nc1ccccc1F. The fourth-order valence-electron chi connectivity index (χ4n) is 2.62. The number of anilines is 2. The van der Waals surface area contributed by atoms with Crippen LogP contribution in [0.4, 0.5) is 15.8 Å². The number of aryl methyl sites for hydroxylation is 2. The van der Waals surface area contributed by atoms with E-state index in [1.165, 1.54) is 23.6 Å². The van der Waals surface area contributed by atoms with Gasteiger partial charge in [0, 0.05) is 5.69 Å². The zero-order chi connectivity index (χ0) is 14.7. The summed E-state index contributed by atoms with van der Waals surface area (Å²) in [6.45, 7) is 0.118. The highest BCUT2D eigenvalue weighted by Gasteiger charge is 2.11. The van der Waals surface area contributed by atoms with E-state index in [2.05, 4.69) is 22.8 Å². The first-order chi connectivity index (χ1) is 10.2. The minimum atomic E-state index is -0.427. The van der Waals surface area contributed by atoms with Crippen LogP contribution in [0.15, 0.2) is 42.5 Å². The third-order valence-corrected chi connectivity index (χ3v) is 3.70. The van der Waals surface area contributed by atoms with Gasteiger partial charge in [-0.2, -0.15) is 0 Å². The Kier molecular flexibility index (Phi) is 3.86. The van der Waals surface area contributed by atoms with Crippen molar-refractivity contribution >= 4 is 17.3 Å². The summed E-state index contributed by atoms with van der Waals surface area (Å²) in [6.07, 6.45) is 3.45. The van der Waals surface area contributed by atoms with Crippen LogP contribution in [0.1, 0.15) is 17.5 Å². The van der Waals surface area contributed by atoms with Crippen LogP contribution in [0.3, 0.4) is 0 Å². The average Bonchev–Trinajstić information content (AvgIpc) is 2.95. The molecule has 0 unspecified atom stereocenters. The van der Waals surface area contributed by atoms with E-state index in [4.69, 9.17) is 0 Å². The third kappa shape index (κ3) is 3.21. The smallest absolute Gasteiger partial charge is 0.243 e. The predicted molar refractivity (Wildman–Crippen MR) is 82.0 cm³/mol. The number of halogens is 1. The van der Waals surface area contributed by atoms with Crippen LogP contribution in [0.25, 0.3) is 0 Å². The highest BCUT2D eigenvalue weighted by Crippen LogP contribution is 2.24. The molecular formula is C17H17FN2O. The Balaban J connectivity index is 1.58. The fraction of sp³-hybridized carbons (Fsp3) is 0.235. The topological polar surface area (TPSA) is 41.1 Å². The van der Waals surface area contributed by atoms with Gasteiger partial charge in [0.2, 0.25) is 5.91 Å². The molecule has 3 nitrogen and oxygen atoms in total. The standard InChI is InChI=1S/C17H17FN2O/c18-15-6-1-2-7-16(15)20-17(21)11-19-14-9-8-12-4-3-5-13(12)10-14/h1-2,6-10,19H,3-5,11H2,(H,20,21). The van der Waals surface area contributed by atoms with Gasteiger partial charge in [-0.1, -0.05) is 18.2 Å². The minimum absolute atomic E-state index is 0.118. The molecule has 1 aliphatic rings. The zero-order valence-electron chi connectivity index (χ0n) is 11.7. The second-order valence-corrected chi connectivity index (χ2v) is 5.22. The second-order valence-electron chi connectivity index (χ2n) is 5.22. The van der Waals surface area contributed by atoms with Crippen molar-refractivity contribution in [1.82, 2.24) is 0 Å². The van der Waals surface area contributed by atoms with Crippen LogP contribution in [0.5, 0.6) is 0 Å². The van der Waals surface area contributed by atoms with E-state index >= 15 is 0 Å². The molecule has 0 spiro atoms. The van der Waals surface area contributed by atoms with Gasteiger partial charge in [0.05, 0.1) is 12.2 Å². The summed E-state index contributed by atoms with van der Waals surface area (Å²) < 4.78 is 13.4. The molecule has 0 atom stereocenters. The lowest BCUT2D eigenvalue weighted by molar-refractivity contribution is -0.114. The number of carbonyl (C=O) groups is 1. The third-order valence-electron chi connectivity index (χ3n) is 3.70. The van der Waals surface area contributed by atoms with E-state index in [9.17, 15) is 9.18 Å². The molecule has 0 saturated heterocycles. The number of fused-ring (bicyclic) bond motifs is 1. The van der Waals surface area contributed by atoms with Crippen molar-refractivity contribution in [1.29, 1.82) is 0 Å². The van der Waals surface area contributed by atoms with Gasteiger partial charge in [-0.05, 0) is 54.7 Å². The molecule has 2 aromatic carbocycles. The van der Waals surface area contributed by atoms with E-state index in [-0.39, 0.29) is 18.1 Å². The number of amides is 1. The molecule has 0 radical (unpaired) electrons. The average molecular weight is 284 g/mol. The Morgan fingerprint density at radius 1 is 1.10 bits per heavy atom. The summed E-state index contributed by atoms with van der Waals surface area (Å²) in [5.41, 5.74) is 3.89. The first-order valence-corrected chi connectivity index (χ1v) is 7.12. The Morgan fingerprint density at radius 2 is 1.90 bits per heavy atom. The lowest BCUT2D eigenvalue weighted by Crippen LogP contribution is -2.22.